The Morgan fingerprint density at radius 3 is 2.76 bits per heavy atom. The molecule has 1 fully saturated rings. The Morgan fingerprint density at radius 2 is 2.04 bits per heavy atom. The average Bonchev–Trinajstić information content (AvgIpc) is 2.67. The second kappa shape index (κ2) is 6.48. The van der Waals surface area contributed by atoms with E-state index in [1.54, 1.807) is 13.3 Å². The number of anilines is 1. The van der Waals surface area contributed by atoms with E-state index in [-0.39, 0.29) is 17.7 Å². The molecule has 1 spiro atoms. The van der Waals surface area contributed by atoms with Crippen molar-refractivity contribution in [3.63, 3.8) is 0 Å². The number of hydrogen-bond acceptors (Lipinski definition) is 4. The lowest BCUT2D eigenvalue weighted by Crippen LogP contribution is -2.61. The lowest BCUT2D eigenvalue weighted by Gasteiger charge is -2.51. The molecule has 25 heavy (non-hydrogen) atoms. The van der Waals surface area contributed by atoms with Crippen LogP contribution in [0.15, 0.2) is 48.8 Å². The Hall–Kier alpha value is -2.40. The number of carbonyl (C=O) groups excluding carboxylic acids is 1. The number of hydrogen-bond donors (Lipinski definition) is 1. The third-order valence-corrected chi connectivity index (χ3v) is 5.44. The van der Waals surface area contributed by atoms with Crippen LogP contribution in [0.4, 0.5) is 5.69 Å². The van der Waals surface area contributed by atoms with Crippen LogP contribution in [-0.4, -0.2) is 34.7 Å². The number of nitrogens with one attached hydrogen (secondary N) is 1. The molecule has 0 bridgehead atoms. The van der Waals surface area contributed by atoms with Gasteiger partial charge in [-0.2, -0.15) is 0 Å². The van der Waals surface area contributed by atoms with Crippen LogP contribution in [0.1, 0.15) is 41.6 Å². The number of methoxy groups -OCH3 is 1. The van der Waals surface area contributed by atoms with E-state index < -0.39 is 0 Å². The van der Waals surface area contributed by atoms with Gasteiger partial charge in [0, 0.05) is 31.7 Å². The average molecular weight is 337 g/mol. The van der Waals surface area contributed by atoms with Gasteiger partial charge in [0.2, 0.25) is 0 Å². The first-order chi connectivity index (χ1) is 12.2. The summed E-state index contributed by atoms with van der Waals surface area (Å²) in [6.45, 7) is 0.561. The molecule has 1 amide bonds. The van der Waals surface area contributed by atoms with Crippen LogP contribution in [0.2, 0.25) is 0 Å². The van der Waals surface area contributed by atoms with Crippen LogP contribution in [0.25, 0.3) is 0 Å². The zero-order chi connectivity index (χ0) is 17.3. The van der Waals surface area contributed by atoms with Crippen molar-refractivity contribution in [3.8, 4) is 0 Å². The second-order valence-electron chi connectivity index (χ2n) is 6.89. The van der Waals surface area contributed by atoms with Crippen molar-refractivity contribution in [2.45, 2.75) is 44.0 Å². The number of nitrogens with zero attached hydrogens (tertiary/aromatic N) is 2. The molecule has 5 heteroatoms. The Morgan fingerprint density at radius 1 is 1.24 bits per heavy atom. The highest BCUT2D eigenvalue weighted by atomic mass is 16.5. The Balaban J connectivity index is 1.70. The van der Waals surface area contributed by atoms with Crippen LogP contribution in [0.3, 0.4) is 0 Å². The standard InChI is InChI=1S/C20H23N3O2/c1-25-16-8-10-20(11-9-16)22-18-7-3-2-6-17(18)19(24)23(20)14-15-5-4-12-21-13-15/h2-7,12-13,16,22H,8-11,14H2,1H3. The predicted octanol–water partition coefficient (Wildman–Crippen LogP) is 3.43. The fourth-order valence-electron chi connectivity index (χ4n) is 4.03. The van der Waals surface area contributed by atoms with E-state index in [1.807, 2.05) is 47.5 Å². The minimum Gasteiger partial charge on any atom is -0.381 e. The number of amides is 1. The molecular weight excluding hydrogens is 314 g/mol. The summed E-state index contributed by atoms with van der Waals surface area (Å²) in [5.74, 6) is 0.0917. The quantitative estimate of drug-likeness (QED) is 0.932. The molecule has 1 N–H and O–H groups in total. The van der Waals surface area contributed by atoms with Gasteiger partial charge in [-0.1, -0.05) is 18.2 Å². The normalized spacial score (nSPS) is 25.6. The molecule has 2 heterocycles. The maximum absolute atomic E-state index is 13.3. The largest absolute Gasteiger partial charge is 0.381 e. The number of benzene rings is 1. The summed E-state index contributed by atoms with van der Waals surface area (Å²) in [7, 11) is 1.77. The number of para-hydroxylation sites is 1. The number of aromatic nitrogens is 1. The Labute approximate surface area is 148 Å². The summed E-state index contributed by atoms with van der Waals surface area (Å²) < 4.78 is 5.53. The van der Waals surface area contributed by atoms with E-state index in [2.05, 4.69) is 10.3 Å². The van der Waals surface area contributed by atoms with E-state index in [0.717, 1.165) is 42.5 Å². The van der Waals surface area contributed by atoms with E-state index in [1.165, 1.54) is 0 Å². The van der Waals surface area contributed by atoms with E-state index in [9.17, 15) is 4.79 Å². The summed E-state index contributed by atoms with van der Waals surface area (Å²) in [6.07, 6.45) is 7.53. The first kappa shape index (κ1) is 16.1. The maximum atomic E-state index is 13.3. The molecule has 1 aromatic carbocycles. The highest BCUT2D eigenvalue weighted by Gasteiger charge is 2.46. The van der Waals surface area contributed by atoms with Gasteiger partial charge in [0.05, 0.1) is 11.7 Å². The van der Waals surface area contributed by atoms with Crippen molar-refractivity contribution in [2.75, 3.05) is 12.4 Å². The molecule has 0 saturated heterocycles. The van der Waals surface area contributed by atoms with Gasteiger partial charge in [-0.05, 0) is 49.4 Å². The molecule has 0 radical (unpaired) electrons. The molecule has 130 valence electrons. The van der Waals surface area contributed by atoms with Crippen molar-refractivity contribution >= 4 is 11.6 Å². The zero-order valence-electron chi connectivity index (χ0n) is 14.4. The number of rotatable bonds is 3. The summed E-state index contributed by atoms with van der Waals surface area (Å²) >= 11 is 0. The summed E-state index contributed by atoms with van der Waals surface area (Å²) in [4.78, 5) is 19.5. The van der Waals surface area contributed by atoms with Gasteiger partial charge >= 0.3 is 0 Å². The van der Waals surface area contributed by atoms with Crippen molar-refractivity contribution in [3.05, 3.63) is 59.9 Å². The second-order valence-corrected chi connectivity index (χ2v) is 6.89. The molecular formula is C20H23N3O2. The van der Waals surface area contributed by atoms with Crippen molar-refractivity contribution in [1.82, 2.24) is 9.88 Å². The maximum Gasteiger partial charge on any atom is 0.258 e. The third-order valence-electron chi connectivity index (χ3n) is 5.44. The van der Waals surface area contributed by atoms with Gasteiger partial charge in [0.1, 0.15) is 5.66 Å². The first-order valence-electron chi connectivity index (χ1n) is 8.83. The van der Waals surface area contributed by atoms with Crippen LogP contribution in [-0.2, 0) is 11.3 Å². The van der Waals surface area contributed by atoms with Crippen molar-refractivity contribution in [1.29, 1.82) is 0 Å². The molecule has 1 saturated carbocycles. The smallest absolute Gasteiger partial charge is 0.258 e. The molecule has 1 aliphatic heterocycles. The van der Waals surface area contributed by atoms with Gasteiger partial charge < -0.3 is 15.0 Å². The molecule has 0 atom stereocenters. The Bertz CT molecular complexity index is 755. The molecule has 2 aromatic rings. The van der Waals surface area contributed by atoms with E-state index in [4.69, 9.17) is 4.74 Å². The number of ether oxygens (including phenoxy) is 1. The lowest BCUT2D eigenvalue weighted by atomic mass is 9.83. The number of pyridine rings is 1. The minimum absolute atomic E-state index is 0.0917. The fraction of sp³-hybridized carbons (Fsp3) is 0.400. The van der Waals surface area contributed by atoms with Crippen LogP contribution < -0.4 is 5.32 Å². The monoisotopic (exact) mass is 337 g/mol. The molecule has 1 aliphatic carbocycles. The van der Waals surface area contributed by atoms with Gasteiger partial charge in [-0.25, -0.2) is 0 Å². The van der Waals surface area contributed by atoms with Crippen LogP contribution in [0, 0.1) is 0 Å². The van der Waals surface area contributed by atoms with Crippen molar-refractivity contribution < 1.29 is 9.53 Å². The highest BCUT2D eigenvalue weighted by molar-refractivity contribution is 6.02. The fourth-order valence-corrected chi connectivity index (χ4v) is 4.03. The highest BCUT2D eigenvalue weighted by Crippen LogP contribution is 2.41. The summed E-state index contributed by atoms with van der Waals surface area (Å²) in [5.41, 5.74) is 2.37. The van der Waals surface area contributed by atoms with Gasteiger partial charge in [-0.3, -0.25) is 9.78 Å². The first-order valence-corrected chi connectivity index (χ1v) is 8.83. The Kier molecular flexibility index (Phi) is 4.17. The summed E-state index contributed by atoms with van der Waals surface area (Å²) in [6, 6.07) is 11.7. The van der Waals surface area contributed by atoms with Crippen molar-refractivity contribution in [2.24, 2.45) is 0 Å². The van der Waals surface area contributed by atoms with Gasteiger partial charge in [0.15, 0.2) is 0 Å². The molecule has 5 nitrogen and oxygen atoms in total. The number of carbonyl (C=O) groups is 1. The third kappa shape index (κ3) is 2.89. The van der Waals surface area contributed by atoms with Crippen LogP contribution in [0.5, 0.6) is 0 Å². The van der Waals surface area contributed by atoms with Gasteiger partial charge in [0.25, 0.3) is 5.91 Å². The topological polar surface area (TPSA) is 54.5 Å². The SMILES string of the molecule is COC1CCC2(CC1)Nc1ccccc1C(=O)N2Cc1cccnc1. The van der Waals surface area contributed by atoms with E-state index in [0.29, 0.717) is 6.54 Å². The molecule has 2 aliphatic rings. The zero-order valence-corrected chi connectivity index (χ0v) is 14.4. The molecule has 4 rings (SSSR count). The predicted molar refractivity (Wildman–Crippen MR) is 96.2 cm³/mol. The molecule has 0 unspecified atom stereocenters. The summed E-state index contributed by atoms with van der Waals surface area (Å²) in [5, 5.41) is 3.69. The number of fused-ring (bicyclic) bond motifs is 1. The lowest BCUT2D eigenvalue weighted by molar-refractivity contribution is -0.000153. The van der Waals surface area contributed by atoms with E-state index >= 15 is 0 Å². The van der Waals surface area contributed by atoms with Gasteiger partial charge in [-0.15, -0.1) is 0 Å². The van der Waals surface area contributed by atoms with Crippen LogP contribution >= 0.6 is 0 Å². The minimum atomic E-state index is -0.351. The molecule has 1 aromatic heterocycles.